The number of urea groups is 1. The summed E-state index contributed by atoms with van der Waals surface area (Å²) >= 11 is 0. The van der Waals surface area contributed by atoms with Gasteiger partial charge in [0.25, 0.3) is 0 Å². The molecule has 1 aromatic rings. The molecule has 0 saturated heterocycles. The first-order valence-electron chi connectivity index (χ1n) is 5.74. The Labute approximate surface area is 117 Å². The Morgan fingerprint density at radius 3 is 2.55 bits per heavy atom. The molecule has 0 heterocycles. The van der Waals surface area contributed by atoms with Crippen LogP contribution in [0.3, 0.4) is 0 Å². The molecule has 0 bridgehead atoms. The number of sulfonamides is 1. The number of nitrogens with one attached hydrogen (secondary N) is 2. The number of anilines is 1. The second kappa shape index (κ2) is 6.53. The SMILES string of the molecule is CN(C)C(=O)NCCNS(=O)(=O)c1ccc(N)cc1F. The molecule has 0 fully saturated rings. The molecule has 20 heavy (non-hydrogen) atoms. The number of carbonyl (C=O) groups is 1. The summed E-state index contributed by atoms with van der Waals surface area (Å²) in [6.07, 6.45) is 0. The molecule has 0 saturated carbocycles. The summed E-state index contributed by atoms with van der Waals surface area (Å²) in [5.41, 5.74) is 5.49. The van der Waals surface area contributed by atoms with E-state index < -0.39 is 20.7 Å². The van der Waals surface area contributed by atoms with Crippen LogP contribution in [0, 0.1) is 5.82 Å². The van der Waals surface area contributed by atoms with Gasteiger partial charge in [0.1, 0.15) is 10.7 Å². The van der Waals surface area contributed by atoms with Crippen molar-refractivity contribution in [1.82, 2.24) is 14.9 Å². The number of nitrogens with zero attached hydrogens (tertiary/aromatic N) is 1. The average Bonchev–Trinajstić information content (AvgIpc) is 2.33. The Bertz CT molecular complexity index is 589. The summed E-state index contributed by atoms with van der Waals surface area (Å²) < 4.78 is 39.4. The molecule has 4 N–H and O–H groups in total. The van der Waals surface area contributed by atoms with E-state index >= 15 is 0 Å². The van der Waals surface area contributed by atoms with Gasteiger partial charge >= 0.3 is 6.03 Å². The van der Waals surface area contributed by atoms with Crippen molar-refractivity contribution >= 4 is 21.7 Å². The maximum atomic E-state index is 13.5. The number of nitrogen functional groups attached to an aromatic ring is 1. The first-order chi connectivity index (χ1) is 9.24. The predicted octanol–water partition coefficient (Wildman–Crippen LogP) is -0.0426. The number of hydrogen-bond acceptors (Lipinski definition) is 4. The molecule has 0 aromatic heterocycles. The highest BCUT2D eigenvalue weighted by atomic mass is 32.2. The molecule has 0 aliphatic carbocycles. The van der Waals surface area contributed by atoms with E-state index in [-0.39, 0.29) is 24.8 Å². The van der Waals surface area contributed by atoms with Gasteiger partial charge in [-0.1, -0.05) is 0 Å². The van der Waals surface area contributed by atoms with Gasteiger partial charge in [0.15, 0.2) is 0 Å². The van der Waals surface area contributed by atoms with E-state index in [4.69, 9.17) is 5.73 Å². The number of benzene rings is 1. The molecular weight excluding hydrogens is 287 g/mol. The van der Waals surface area contributed by atoms with Crippen LogP contribution in [0.25, 0.3) is 0 Å². The summed E-state index contributed by atoms with van der Waals surface area (Å²) in [4.78, 5) is 12.0. The Morgan fingerprint density at radius 1 is 1.35 bits per heavy atom. The molecule has 1 rings (SSSR count). The Kier molecular flexibility index (Phi) is 5.28. The minimum absolute atomic E-state index is 0.0499. The molecular formula is C11H17FN4O3S. The van der Waals surface area contributed by atoms with Crippen LogP contribution in [0.1, 0.15) is 0 Å². The van der Waals surface area contributed by atoms with Crippen LogP contribution < -0.4 is 15.8 Å². The van der Waals surface area contributed by atoms with Crippen molar-refractivity contribution in [1.29, 1.82) is 0 Å². The zero-order valence-electron chi connectivity index (χ0n) is 11.2. The average molecular weight is 304 g/mol. The lowest BCUT2D eigenvalue weighted by molar-refractivity contribution is 0.217. The first-order valence-corrected chi connectivity index (χ1v) is 7.22. The Balaban J connectivity index is 2.60. The van der Waals surface area contributed by atoms with E-state index in [1.165, 1.54) is 11.0 Å². The lowest BCUT2D eigenvalue weighted by atomic mass is 10.3. The van der Waals surface area contributed by atoms with Crippen LogP contribution in [0.15, 0.2) is 23.1 Å². The molecule has 0 spiro atoms. The third-order valence-electron chi connectivity index (χ3n) is 2.34. The quantitative estimate of drug-likeness (QED) is 0.524. The highest BCUT2D eigenvalue weighted by Crippen LogP contribution is 2.16. The molecule has 9 heteroatoms. The third kappa shape index (κ3) is 4.35. The molecule has 0 aliphatic heterocycles. The van der Waals surface area contributed by atoms with Gasteiger partial charge in [0, 0.05) is 32.9 Å². The number of hydrogen-bond donors (Lipinski definition) is 3. The number of halogens is 1. The van der Waals surface area contributed by atoms with Gasteiger partial charge in [-0.3, -0.25) is 0 Å². The Morgan fingerprint density at radius 2 is 2.00 bits per heavy atom. The van der Waals surface area contributed by atoms with Gasteiger partial charge in [0.05, 0.1) is 0 Å². The fraction of sp³-hybridized carbons (Fsp3) is 0.364. The van der Waals surface area contributed by atoms with E-state index in [1.54, 1.807) is 14.1 Å². The van der Waals surface area contributed by atoms with Crippen molar-refractivity contribution in [2.24, 2.45) is 0 Å². The molecule has 0 unspecified atom stereocenters. The van der Waals surface area contributed by atoms with E-state index in [2.05, 4.69) is 10.0 Å². The minimum Gasteiger partial charge on any atom is -0.399 e. The third-order valence-corrected chi connectivity index (χ3v) is 3.84. The predicted molar refractivity (Wildman–Crippen MR) is 73.1 cm³/mol. The van der Waals surface area contributed by atoms with Crippen molar-refractivity contribution in [2.45, 2.75) is 4.90 Å². The fourth-order valence-corrected chi connectivity index (χ4v) is 2.41. The van der Waals surface area contributed by atoms with Gasteiger partial charge in [-0.25, -0.2) is 22.3 Å². The largest absolute Gasteiger partial charge is 0.399 e. The van der Waals surface area contributed by atoms with Gasteiger partial charge in [-0.05, 0) is 18.2 Å². The fourth-order valence-electron chi connectivity index (χ4n) is 1.33. The number of nitrogens with two attached hydrogens (primary N) is 1. The first kappa shape index (κ1) is 16.2. The highest BCUT2D eigenvalue weighted by Gasteiger charge is 2.18. The minimum atomic E-state index is -3.97. The summed E-state index contributed by atoms with van der Waals surface area (Å²) in [5.74, 6) is -0.921. The van der Waals surface area contributed by atoms with E-state index in [0.717, 1.165) is 12.1 Å². The maximum absolute atomic E-state index is 13.5. The number of amides is 2. The second-order valence-electron chi connectivity index (χ2n) is 4.21. The Hall–Kier alpha value is -1.87. The van der Waals surface area contributed by atoms with Gasteiger partial charge in [0.2, 0.25) is 10.0 Å². The van der Waals surface area contributed by atoms with Crippen molar-refractivity contribution < 1.29 is 17.6 Å². The highest BCUT2D eigenvalue weighted by molar-refractivity contribution is 7.89. The van der Waals surface area contributed by atoms with Crippen LogP contribution in [-0.4, -0.2) is 46.5 Å². The number of carbonyl (C=O) groups excluding carboxylic acids is 1. The van der Waals surface area contributed by atoms with Crippen molar-refractivity contribution in [2.75, 3.05) is 32.9 Å². The second-order valence-corrected chi connectivity index (χ2v) is 5.95. The standard InChI is InChI=1S/C11H17FN4O3S/c1-16(2)11(17)14-5-6-15-20(18,19)10-4-3-8(13)7-9(10)12/h3-4,7,15H,5-6,13H2,1-2H3,(H,14,17). The van der Waals surface area contributed by atoms with E-state index in [9.17, 15) is 17.6 Å². The molecule has 7 nitrogen and oxygen atoms in total. The lowest BCUT2D eigenvalue weighted by Gasteiger charge is -2.12. The van der Waals surface area contributed by atoms with Crippen LogP contribution in [0.2, 0.25) is 0 Å². The zero-order chi connectivity index (χ0) is 15.3. The number of rotatable bonds is 5. The monoisotopic (exact) mass is 304 g/mol. The topological polar surface area (TPSA) is 105 Å². The smallest absolute Gasteiger partial charge is 0.316 e. The van der Waals surface area contributed by atoms with Crippen LogP contribution >= 0.6 is 0 Å². The van der Waals surface area contributed by atoms with E-state index in [0.29, 0.717) is 0 Å². The molecule has 0 atom stereocenters. The van der Waals surface area contributed by atoms with Gasteiger partial charge < -0.3 is 16.0 Å². The molecule has 0 aliphatic rings. The van der Waals surface area contributed by atoms with Crippen molar-refractivity contribution in [3.8, 4) is 0 Å². The summed E-state index contributed by atoms with van der Waals surface area (Å²) in [6.45, 7) is 0.0402. The van der Waals surface area contributed by atoms with Crippen LogP contribution in [-0.2, 0) is 10.0 Å². The summed E-state index contributed by atoms with van der Waals surface area (Å²) in [7, 11) is -0.854. The maximum Gasteiger partial charge on any atom is 0.316 e. The van der Waals surface area contributed by atoms with Gasteiger partial charge in [-0.15, -0.1) is 0 Å². The van der Waals surface area contributed by atoms with Crippen LogP contribution in [0.4, 0.5) is 14.9 Å². The van der Waals surface area contributed by atoms with Gasteiger partial charge in [-0.2, -0.15) is 0 Å². The summed E-state index contributed by atoms with van der Waals surface area (Å²) in [6, 6.07) is 2.97. The lowest BCUT2D eigenvalue weighted by Crippen LogP contribution is -2.39. The summed E-state index contributed by atoms with van der Waals surface area (Å²) in [5, 5.41) is 2.48. The van der Waals surface area contributed by atoms with Crippen LogP contribution in [0.5, 0.6) is 0 Å². The normalized spacial score (nSPS) is 11.2. The molecule has 1 aromatic carbocycles. The molecule has 112 valence electrons. The zero-order valence-corrected chi connectivity index (χ0v) is 12.0. The van der Waals surface area contributed by atoms with Crippen molar-refractivity contribution in [3.63, 3.8) is 0 Å². The van der Waals surface area contributed by atoms with E-state index in [1.807, 2.05) is 0 Å². The molecule has 0 radical (unpaired) electrons. The molecule has 2 amide bonds. The van der Waals surface area contributed by atoms with Crippen molar-refractivity contribution in [3.05, 3.63) is 24.0 Å².